The van der Waals surface area contributed by atoms with Crippen LogP contribution in [0.2, 0.25) is 0 Å². The number of pyridine rings is 1. The molecule has 0 atom stereocenters. The second kappa shape index (κ2) is 7.38. The summed E-state index contributed by atoms with van der Waals surface area (Å²) < 4.78 is 15.8. The molecule has 4 nitrogen and oxygen atoms in total. The molecule has 1 aliphatic rings. The number of aromatic nitrogens is 2. The molecule has 4 rings (SSSR count). The summed E-state index contributed by atoms with van der Waals surface area (Å²) in [6.07, 6.45) is 4.43. The van der Waals surface area contributed by atoms with Gasteiger partial charge in [0.1, 0.15) is 11.5 Å². The number of halogens is 1. The van der Waals surface area contributed by atoms with Crippen LogP contribution in [0, 0.1) is 25.6 Å². The van der Waals surface area contributed by atoms with Gasteiger partial charge in [0.15, 0.2) is 0 Å². The fourth-order valence-electron chi connectivity index (χ4n) is 3.90. The standard InChI is InChI=1S/C23H26FN3O/c1-15-8-10-26(11-9-15)22(28)13-20-23(18-5-6-19(24)17(3)12-18)25-21-7-4-16(2)14-27(20)21/h4-7,12,14-15H,8-11,13H2,1-3H3. The Morgan fingerprint density at radius 2 is 1.93 bits per heavy atom. The highest BCUT2D eigenvalue weighted by Gasteiger charge is 2.24. The largest absolute Gasteiger partial charge is 0.342 e. The second-order valence-electron chi connectivity index (χ2n) is 8.05. The van der Waals surface area contributed by atoms with Gasteiger partial charge in [0.2, 0.25) is 5.91 Å². The van der Waals surface area contributed by atoms with Crippen molar-refractivity contribution in [1.29, 1.82) is 0 Å². The Balaban J connectivity index is 1.75. The van der Waals surface area contributed by atoms with Gasteiger partial charge in [0.05, 0.1) is 17.8 Å². The van der Waals surface area contributed by atoms with Crippen LogP contribution in [0.3, 0.4) is 0 Å². The number of benzene rings is 1. The zero-order chi connectivity index (χ0) is 19.8. The monoisotopic (exact) mass is 379 g/mol. The van der Waals surface area contributed by atoms with Crippen molar-refractivity contribution in [2.24, 2.45) is 5.92 Å². The van der Waals surface area contributed by atoms with Crippen molar-refractivity contribution >= 4 is 11.6 Å². The number of piperidine rings is 1. The molecule has 0 unspecified atom stereocenters. The summed E-state index contributed by atoms with van der Waals surface area (Å²) in [6.45, 7) is 7.66. The van der Waals surface area contributed by atoms with Gasteiger partial charge in [-0.3, -0.25) is 4.79 Å². The lowest BCUT2D eigenvalue weighted by Crippen LogP contribution is -2.39. The Bertz CT molecular complexity index is 1030. The predicted octanol–water partition coefficient (Wildman–Crippen LogP) is 4.56. The van der Waals surface area contributed by atoms with Crippen molar-refractivity contribution < 1.29 is 9.18 Å². The van der Waals surface area contributed by atoms with Gasteiger partial charge in [-0.05, 0) is 68.0 Å². The molecule has 0 bridgehead atoms. The SMILES string of the molecule is Cc1ccc2nc(-c3ccc(F)c(C)c3)c(CC(=O)N3CCC(C)CC3)n2c1. The van der Waals surface area contributed by atoms with Crippen LogP contribution in [0.25, 0.3) is 16.9 Å². The fourth-order valence-corrected chi connectivity index (χ4v) is 3.90. The van der Waals surface area contributed by atoms with Gasteiger partial charge in [0.25, 0.3) is 0 Å². The summed E-state index contributed by atoms with van der Waals surface area (Å²) in [7, 11) is 0. The van der Waals surface area contributed by atoms with E-state index in [4.69, 9.17) is 4.98 Å². The van der Waals surface area contributed by atoms with Crippen LogP contribution in [-0.4, -0.2) is 33.3 Å². The molecule has 2 aromatic heterocycles. The third-order valence-corrected chi connectivity index (χ3v) is 5.75. The summed E-state index contributed by atoms with van der Waals surface area (Å²) in [6, 6.07) is 9.00. The Kier molecular flexibility index (Phi) is 4.92. The van der Waals surface area contributed by atoms with Crippen molar-refractivity contribution in [3.05, 3.63) is 59.2 Å². The van der Waals surface area contributed by atoms with Crippen molar-refractivity contribution in [2.75, 3.05) is 13.1 Å². The minimum atomic E-state index is -0.233. The summed E-state index contributed by atoms with van der Waals surface area (Å²) in [4.78, 5) is 19.8. The number of carbonyl (C=O) groups is 1. The van der Waals surface area contributed by atoms with Crippen LogP contribution in [0.5, 0.6) is 0 Å². The number of rotatable bonds is 3. The van der Waals surface area contributed by atoms with E-state index < -0.39 is 0 Å². The lowest BCUT2D eigenvalue weighted by atomic mass is 9.98. The molecule has 0 N–H and O–H groups in total. The number of amides is 1. The Hall–Kier alpha value is -2.69. The Labute approximate surface area is 165 Å². The summed E-state index contributed by atoms with van der Waals surface area (Å²) in [5, 5.41) is 0. The van der Waals surface area contributed by atoms with Crippen LogP contribution in [0.1, 0.15) is 36.6 Å². The molecule has 1 saturated heterocycles. The molecule has 1 aromatic carbocycles. The van der Waals surface area contributed by atoms with E-state index in [9.17, 15) is 9.18 Å². The quantitative estimate of drug-likeness (QED) is 0.669. The first-order valence-electron chi connectivity index (χ1n) is 9.94. The number of carbonyl (C=O) groups excluding carboxylic acids is 1. The minimum Gasteiger partial charge on any atom is -0.342 e. The first kappa shape index (κ1) is 18.7. The first-order chi connectivity index (χ1) is 13.4. The van der Waals surface area contributed by atoms with Crippen LogP contribution in [0.4, 0.5) is 4.39 Å². The average molecular weight is 379 g/mol. The third-order valence-electron chi connectivity index (χ3n) is 5.75. The number of fused-ring (bicyclic) bond motifs is 1. The summed E-state index contributed by atoms with van der Waals surface area (Å²) in [5.74, 6) is 0.582. The predicted molar refractivity (Wildman–Crippen MR) is 109 cm³/mol. The summed E-state index contributed by atoms with van der Waals surface area (Å²) >= 11 is 0. The zero-order valence-corrected chi connectivity index (χ0v) is 16.7. The number of likely N-dealkylation sites (tertiary alicyclic amines) is 1. The third kappa shape index (κ3) is 3.53. The normalized spacial score (nSPS) is 15.4. The first-order valence-corrected chi connectivity index (χ1v) is 9.94. The Morgan fingerprint density at radius 3 is 2.64 bits per heavy atom. The van der Waals surface area contributed by atoms with E-state index in [0.717, 1.165) is 54.1 Å². The smallest absolute Gasteiger partial charge is 0.228 e. The van der Waals surface area contributed by atoms with E-state index in [1.807, 2.05) is 34.6 Å². The van der Waals surface area contributed by atoms with E-state index in [1.165, 1.54) is 6.07 Å². The highest BCUT2D eigenvalue weighted by molar-refractivity contribution is 5.82. The molecule has 0 saturated carbocycles. The molecular formula is C23H26FN3O. The Morgan fingerprint density at radius 1 is 1.18 bits per heavy atom. The minimum absolute atomic E-state index is 0.135. The molecule has 3 heterocycles. The topological polar surface area (TPSA) is 37.6 Å². The van der Waals surface area contributed by atoms with E-state index in [1.54, 1.807) is 19.1 Å². The maximum atomic E-state index is 13.8. The number of imidazole rings is 1. The number of hydrogen-bond acceptors (Lipinski definition) is 2. The molecule has 0 aliphatic carbocycles. The van der Waals surface area contributed by atoms with E-state index in [2.05, 4.69) is 6.92 Å². The molecule has 1 aliphatic heterocycles. The molecule has 28 heavy (non-hydrogen) atoms. The number of nitrogens with zero attached hydrogens (tertiary/aromatic N) is 3. The number of aryl methyl sites for hydroxylation is 2. The molecule has 0 radical (unpaired) electrons. The van der Waals surface area contributed by atoms with Gasteiger partial charge in [-0.15, -0.1) is 0 Å². The van der Waals surface area contributed by atoms with Crippen molar-refractivity contribution in [1.82, 2.24) is 14.3 Å². The lowest BCUT2D eigenvalue weighted by molar-refractivity contribution is -0.131. The molecule has 5 heteroatoms. The molecule has 146 valence electrons. The maximum absolute atomic E-state index is 13.8. The van der Waals surface area contributed by atoms with Gasteiger partial charge in [-0.1, -0.05) is 13.0 Å². The number of hydrogen-bond donors (Lipinski definition) is 0. The van der Waals surface area contributed by atoms with Crippen LogP contribution >= 0.6 is 0 Å². The highest BCUT2D eigenvalue weighted by atomic mass is 19.1. The van der Waals surface area contributed by atoms with Crippen LogP contribution < -0.4 is 0 Å². The molecule has 3 aromatic rings. The van der Waals surface area contributed by atoms with Gasteiger partial charge in [0, 0.05) is 24.8 Å². The molecular weight excluding hydrogens is 353 g/mol. The second-order valence-corrected chi connectivity index (χ2v) is 8.05. The zero-order valence-electron chi connectivity index (χ0n) is 16.7. The van der Waals surface area contributed by atoms with E-state index >= 15 is 0 Å². The van der Waals surface area contributed by atoms with Crippen molar-refractivity contribution in [3.63, 3.8) is 0 Å². The van der Waals surface area contributed by atoms with E-state index in [-0.39, 0.29) is 11.7 Å². The molecule has 1 amide bonds. The van der Waals surface area contributed by atoms with Crippen molar-refractivity contribution in [2.45, 2.75) is 40.0 Å². The average Bonchev–Trinajstić information content (AvgIpc) is 3.02. The van der Waals surface area contributed by atoms with Gasteiger partial charge in [-0.25, -0.2) is 9.37 Å². The lowest BCUT2D eigenvalue weighted by Gasteiger charge is -2.30. The van der Waals surface area contributed by atoms with Gasteiger partial charge in [-0.2, -0.15) is 0 Å². The summed E-state index contributed by atoms with van der Waals surface area (Å²) in [5.41, 5.74) is 4.95. The van der Waals surface area contributed by atoms with Crippen molar-refractivity contribution in [3.8, 4) is 11.3 Å². The van der Waals surface area contributed by atoms with Crippen LogP contribution in [-0.2, 0) is 11.2 Å². The maximum Gasteiger partial charge on any atom is 0.228 e. The van der Waals surface area contributed by atoms with Gasteiger partial charge >= 0.3 is 0 Å². The van der Waals surface area contributed by atoms with Crippen LogP contribution in [0.15, 0.2) is 36.5 Å². The fraction of sp³-hybridized carbons (Fsp3) is 0.391. The molecule has 1 fully saturated rings. The van der Waals surface area contributed by atoms with E-state index in [0.29, 0.717) is 17.9 Å². The highest BCUT2D eigenvalue weighted by Crippen LogP contribution is 2.28. The molecule has 0 spiro atoms. The van der Waals surface area contributed by atoms with Gasteiger partial charge < -0.3 is 9.30 Å².